The van der Waals surface area contributed by atoms with E-state index in [2.05, 4.69) is 5.32 Å². The second kappa shape index (κ2) is 8.48. The van der Waals surface area contributed by atoms with Crippen molar-refractivity contribution < 1.29 is 23.1 Å². The number of carbonyl (C=O) groups is 1. The molecule has 1 rings (SSSR count). The van der Waals surface area contributed by atoms with Crippen LogP contribution in [0.2, 0.25) is 0 Å². The van der Waals surface area contributed by atoms with Crippen LogP contribution in [-0.2, 0) is 24.5 Å². The zero-order chi connectivity index (χ0) is 17.5. The molecule has 0 aromatic heterocycles. The molecule has 1 aromatic rings. The highest BCUT2D eigenvalue weighted by atomic mass is 31.2. The Bertz CT molecular complexity index is 541. The Morgan fingerprint density at radius 1 is 1.09 bits per heavy atom. The van der Waals surface area contributed by atoms with E-state index in [-0.39, 0.29) is 6.16 Å². The fourth-order valence-corrected chi connectivity index (χ4v) is 3.56. The molecule has 0 bridgehead atoms. The summed E-state index contributed by atoms with van der Waals surface area (Å²) in [6, 6.07) is 7.00. The van der Waals surface area contributed by atoms with Crippen LogP contribution in [-0.4, -0.2) is 24.9 Å². The third-order valence-corrected chi connectivity index (χ3v) is 4.68. The van der Waals surface area contributed by atoms with E-state index in [1.165, 1.54) is 0 Å². The smallest absolute Gasteiger partial charge is 0.412 e. The summed E-state index contributed by atoms with van der Waals surface area (Å²) in [7, 11) is -3.12. The lowest BCUT2D eigenvalue weighted by molar-refractivity contribution is 0.0636. The Balaban J connectivity index is 2.69. The predicted molar refractivity (Wildman–Crippen MR) is 90.9 cm³/mol. The SMILES string of the molecule is CCOP(=O)(Cc1ccc(NC(=O)OC(C)(C)C)cc1)OCC. The molecule has 0 atom stereocenters. The van der Waals surface area contributed by atoms with E-state index in [0.29, 0.717) is 18.9 Å². The Morgan fingerprint density at radius 2 is 1.61 bits per heavy atom. The monoisotopic (exact) mass is 343 g/mol. The molecular formula is C16H26NO5P. The molecule has 0 fully saturated rings. The topological polar surface area (TPSA) is 73.9 Å². The summed E-state index contributed by atoms with van der Waals surface area (Å²) in [6.45, 7) is 9.61. The van der Waals surface area contributed by atoms with E-state index in [1.807, 2.05) is 0 Å². The van der Waals surface area contributed by atoms with Gasteiger partial charge in [0.2, 0.25) is 0 Å². The number of hydrogen-bond acceptors (Lipinski definition) is 5. The number of ether oxygens (including phenoxy) is 1. The largest absolute Gasteiger partial charge is 0.444 e. The molecule has 0 heterocycles. The number of amides is 1. The minimum absolute atomic E-state index is 0.196. The molecule has 23 heavy (non-hydrogen) atoms. The highest BCUT2D eigenvalue weighted by molar-refractivity contribution is 7.53. The molecule has 0 saturated carbocycles. The van der Waals surface area contributed by atoms with Crippen molar-refractivity contribution >= 4 is 19.4 Å². The molecule has 130 valence electrons. The molecule has 1 amide bonds. The van der Waals surface area contributed by atoms with Crippen molar-refractivity contribution in [1.29, 1.82) is 0 Å². The van der Waals surface area contributed by atoms with Gasteiger partial charge in [0.25, 0.3) is 0 Å². The maximum atomic E-state index is 12.5. The van der Waals surface area contributed by atoms with Gasteiger partial charge in [-0.05, 0) is 52.3 Å². The molecule has 0 spiro atoms. The van der Waals surface area contributed by atoms with Crippen molar-refractivity contribution in [2.45, 2.75) is 46.4 Å². The van der Waals surface area contributed by atoms with Crippen LogP contribution in [0, 0.1) is 0 Å². The van der Waals surface area contributed by atoms with Crippen molar-refractivity contribution in [1.82, 2.24) is 0 Å². The number of carbonyl (C=O) groups excluding carboxylic acids is 1. The Morgan fingerprint density at radius 3 is 2.04 bits per heavy atom. The average molecular weight is 343 g/mol. The molecule has 0 aliphatic heterocycles. The van der Waals surface area contributed by atoms with Crippen LogP contribution in [0.25, 0.3) is 0 Å². The second-order valence-electron chi connectivity index (χ2n) is 5.93. The van der Waals surface area contributed by atoms with Crippen molar-refractivity contribution in [2.75, 3.05) is 18.5 Å². The lowest BCUT2D eigenvalue weighted by atomic mass is 10.2. The van der Waals surface area contributed by atoms with Crippen LogP contribution < -0.4 is 5.32 Å². The van der Waals surface area contributed by atoms with E-state index in [0.717, 1.165) is 5.56 Å². The first-order chi connectivity index (χ1) is 10.7. The summed E-state index contributed by atoms with van der Waals surface area (Å²) in [5, 5.41) is 2.65. The minimum atomic E-state index is -3.12. The summed E-state index contributed by atoms with van der Waals surface area (Å²) in [4.78, 5) is 11.7. The summed E-state index contributed by atoms with van der Waals surface area (Å²) in [6.07, 6.45) is -0.318. The van der Waals surface area contributed by atoms with Gasteiger partial charge in [-0.1, -0.05) is 12.1 Å². The van der Waals surface area contributed by atoms with Crippen molar-refractivity contribution in [3.8, 4) is 0 Å². The number of nitrogens with one attached hydrogen (secondary N) is 1. The van der Waals surface area contributed by atoms with Gasteiger partial charge in [0, 0.05) is 5.69 Å². The minimum Gasteiger partial charge on any atom is -0.444 e. The Kier molecular flexibility index (Phi) is 7.26. The van der Waals surface area contributed by atoms with E-state index in [4.69, 9.17) is 13.8 Å². The molecule has 0 saturated heterocycles. The van der Waals surface area contributed by atoms with Gasteiger partial charge in [0.1, 0.15) is 5.60 Å². The quantitative estimate of drug-likeness (QED) is 0.720. The highest BCUT2D eigenvalue weighted by Gasteiger charge is 2.24. The fourth-order valence-electron chi connectivity index (χ4n) is 1.86. The molecule has 7 heteroatoms. The Labute approximate surface area is 138 Å². The molecular weight excluding hydrogens is 317 g/mol. The lowest BCUT2D eigenvalue weighted by Gasteiger charge is -2.20. The highest BCUT2D eigenvalue weighted by Crippen LogP contribution is 2.51. The molecule has 0 radical (unpaired) electrons. The maximum absolute atomic E-state index is 12.5. The first kappa shape index (κ1) is 19.7. The first-order valence-electron chi connectivity index (χ1n) is 7.64. The second-order valence-corrected chi connectivity index (χ2v) is 7.98. The molecule has 0 unspecified atom stereocenters. The zero-order valence-corrected chi connectivity index (χ0v) is 15.3. The van der Waals surface area contributed by atoms with Crippen LogP contribution >= 0.6 is 7.60 Å². The predicted octanol–water partition coefficient (Wildman–Crippen LogP) is 4.80. The van der Waals surface area contributed by atoms with E-state index >= 15 is 0 Å². The number of anilines is 1. The molecule has 0 aliphatic rings. The average Bonchev–Trinajstić information content (AvgIpc) is 2.39. The number of benzene rings is 1. The van der Waals surface area contributed by atoms with Crippen LogP contribution in [0.4, 0.5) is 10.5 Å². The molecule has 0 aliphatic carbocycles. The van der Waals surface area contributed by atoms with Gasteiger partial charge in [0.05, 0.1) is 19.4 Å². The zero-order valence-electron chi connectivity index (χ0n) is 14.4. The molecule has 6 nitrogen and oxygen atoms in total. The maximum Gasteiger partial charge on any atom is 0.412 e. The number of hydrogen-bond donors (Lipinski definition) is 1. The van der Waals surface area contributed by atoms with Crippen LogP contribution in [0.5, 0.6) is 0 Å². The Hall–Kier alpha value is -1.36. The summed E-state index contributed by atoms with van der Waals surface area (Å²) in [5.74, 6) is 0. The number of rotatable bonds is 7. The normalized spacial score (nSPS) is 12.0. The third kappa shape index (κ3) is 7.64. The van der Waals surface area contributed by atoms with Gasteiger partial charge in [-0.3, -0.25) is 9.88 Å². The van der Waals surface area contributed by atoms with Crippen molar-refractivity contribution in [3.63, 3.8) is 0 Å². The molecule has 1 aromatic carbocycles. The van der Waals surface area contributed by atoms with Gasteiger partial charge in [-0.15, -0.1) is 0 Å². The standard InChI is InChI=1S/C16H26NO5P/c1-6-20-23(19,21-7-2)12-13-8-10-14(11-9-13)17-15(18)22-16(3,4)5/h8-11H,6-7,12H2,1-5H3,(H,17,18). The third-order valence-electron chi connectivity index (χ3n) is 2.63. The van der Waals surface area contributed by atoms with Gasteiger partial charge in [-0.25, -0.2) is 4.79 Å². The van der Waals surface area contributed by atoms with Crippen LogP contribution in [0.1, 0.15) is 40.2 Å². The first-order valence-corrected chi connectivity index (χ1v) is 9.37. The van der Waals surface area contributed by atoms with Gasteiger partial charge in [0.15, 0.2) is 0 Å². The summed E-state index contributed by atoms with van der Waals surface area (Å²) < 4.78 is 28.2. The lowest BCUT2D eigenvalue weighted by Crippen LogP contribution is -2.27. The van der Waals surface area contributed by atoms with Crippen LogP contribution in [0.3, 0.4) is 0 Å². The van der Waals surface area contributed by atoms with Crippen molar-refractivity contribution in [2.24, 2.45) is 0 Å². The fraction of sp³-hybridized carbons (Fsp3) is 0.562. The van der Waals surface area contributed by atoms with Crippen LogP contribution in [0.15, 0.2) is 24.3 Å². The van der Waals surface area contributed by atoms with Gasteiger partial charge >= 0.3 is 13.7 Å². The van der Waals surface area contributed by atoms with E-state index in [9.17, 15) is 9.36 Å². The van der Waals surface area contributed by atoms with Gasteiger partial charge < -0.3 is 13.8 Å². The summed E-state index contributed by atoms with van der Waals surface area (Å²) >= 11 is 0. The summed E-state index contributed by atoms with van der Waals surface area (Å²) in [5.41, 5.74) is 0.863. The van der Waals surface area contributed by atoms with Gasteiger partial charge in [-0.2, -0.15) is 0 Å². The molecule has 1 N–H and O–H groups in total. The van der Waals surface area contributed by atoms with E-state index in [1.54, 1.807) is 58.9 Å². The van der Waals surface area contributed by atoms with Crippen molar-refractivity contribution in [3.05, 3.63) is 29.8 Å². The van der Waals surface area contributed by atoms with E-state index < -0.39 is 19.3 Å².